The van der Waals surface area contributed by atoms with Crippen LogP contribution in [0.5, 0.6) is 0 Å². The van der Waals surface area contributed by atoms with E-state index in [0.29, 0.717) is 21.4 Å². The molecule has 0 atom stereocenters. The van der Waals surface area contributed by atoms with Gasteiger partial charge in [0.1, 0.15) is 11.5 Å². The van der Waals surface area contributed by atoms with E-state index in [1.54, 1.807) is 30.3 Å². The van der Waals surface area contributed by atoms with E-state index in [-0.39, 0.29) is 28.4 Å². The number of benzene rings is 2. The summed E-state index contributed by atoms with van der Waals surface area (Å²) in [6, 6.07) is 13.6. The second-order valence-electron chi connectivity index (χ2n) is 6.78. The average molecular weight is 497 g/mol. The number of thiophene rings is 1. The normalized spacial score (nSPS) is 12.7. The fourth-order valence-electron chi connectivity index (χ4n) is 2.79. The van der Waals surface area contributed by atoms with Crippen LogP contribution in [0.25, 0.3) is 10.4 Å². The third-order valence-electron chi connectivity index (χ3n) is 4.44. The van der Waals surface area contributed by atoms with E-state index in [4.69, 9.17) is 17.3 Å². The van der Waals surface area contributed by atoms with Crippen molar-refractivity contribution >= 4 is 40.3 Å². The minimum Gasteiger partial charge on any atom is -0.469 e. The molecule has 0 saturated carbocycles. The highest BCUT2D eigenvalue weighted by Crippen LogP contribution is 2.34. The van der Waals surface area contributed by atoms with E-state index in [1.807, 2.05) is 0 Å². The number of methoxy groups -OCH3 is 1. The van der Waals surface area contributed by atoms with Crippen LogP contribution < -0.4 is 5.73 Å². The molecule has 0 fully saturated rings. The highest BCUT2D eigenvalue weighted by molar-refractivity contribution is 7.17. The lowest BCUT2D eigenvalue weighted by atomic mass is 10.1. The lowest BCUT2D eigenvalue weighted by Crippen LogP contribution is -2.20. The third-order valence-corrected chi connectivity index (χ3v) is 5.90. The van der Waals surface area contributed by atoms with E-state index in [2.05, 4.69) is 9.73 Å². The van der Waals surface area contributed by atoms with Gasteiger partial charge in [0, 0.05) is 10.4 Å². The molecule has 1 aromatic heterocycles. The van der Waals surface area contributed by atoms with Crippen molar-refractivity contribution in [3.63, 3.8) is 0 Å². The molecule has 4 nitrogen and oxygen atoms in total. The largest absolute Gasteiger partial charge is 0.469 e. The lowest BCUT2D eigenvalue weighted by Gasteiger charge is -2.08. The summed E-state index contributed by atoms with van der Waals surface area (Å²) in [5, 5.41) is 0.243. The van der Waals surface area contributed by atoms with Gasteiger partial charge in [0.15, 0.2) is 0 Å². The van der Waals surface area contributed by atoms with E-state index in [0.717, 1.165) is 11.3 Å². The Hall–Kier alpha value is -3.17. The zero-order valence-corrected chi connectivity index (χ0v) is 18.7. The monoisotopic (exact) mass is 496 g/mol. The van der Waals surface area contributed by atoms with Gasteiger partial charge in [-0.1, -0.05) is 29.8 Å². The number of alkyl halides is 3. The molecule has 0 aliphatic rings. The van der Waals surface area contributed by atoms with Crippen LogP contribution in [0, 0.1) is 5.82 Å². The molecule has 0 spiro atoms. The summed E-state index contributed by atoms with van der Waals surface area (Å²) >= 11 is 7.13. The van der Waals surface area contributed by atoms with Crippen molar-refractivity contribution < 1.29 is 27.1 Å². The molecule has 2 N–H and O–H groups in total. The predicted octanol–water partition coefficient (Wildman–Crippen LogP) is 6.45. The number of nitrogens with zero attached hydrogens (tertiary/aromatic N) is 1. The fraction of sp³-hybridized carbons (Fsp3) is 0.130. The third kappa shape index (κ3) is 6.21. The van der Waals surface area contributed by atoms with Crippen molar-refractivity contribution in [3.05, 3.63) is 87.7 Å². The quantitative estimate of drug-likeness (QED) is 0.242. The molecule has 0 aliphatic heterocycles. The van der Waals surface area contributed by atoms with Crippen molar-refractivity contribution in [1.82, 2.24) is 0 Å². The van der Waals surface area contributed by atoms with Crippen LogP contribution in [0.4, 0.5) is 23.2 Å². The second-order valence-corrected chi connectivity index (χ2v) is 8.27. The zero-order chi connectivity index (χ0) is 24.2. The van der Waals surface area contributed by atoms with Crippen LogP contribution in [0.2, 0.25) is 5.02 Å². The molecule has 0 saturated heterocycles. The van der Waals surface area contributed by atoms with Gasteiger partial charge in [-0.05, 0) is 48.0 Å². The molecule has 0 radical (unpaired) electrons. The summed E-state index contributed by atoms with van der Waals surface area (Å²) in [5.74, 6) is -1.03. The van der Waals surface area contributed by atoms with Crippen molar-refractivity contribution in [1.29, 1.82) is 0 Å². The van der Waals surface area contributed by atoms with E-state index < -0.39 is 23.7 Å². The Bertz CT molecular complexity index is 1240. The summed E-state index contributed by atoms with van der Waals surface area (Å²) in [6.45, 7) is 0. The first-order chi connectivity index (χ1) is 15.6. The fourth-order valence-corrected chi connectivity index (χ4v) is 3.95. The molecule has 3 rings (SSSR count). The molecule has 2 aromatic carbocycles. The summed E-state index contributed by atoms with van der Waals surface area (Å²) in [5.41, 5.74) is 4.77. The van der Waals surface area contributed by atoms with Crippen LogP contribution in [0.1, 0.15) is 10.4 Å². The molecule has 0 amide bonds. The lowest BCUT2D eigenvalue weighted by molar-refractivity contribution is -0.139. The average Bonchev–Trinajstić information content (AvgIpc) is 3.25. The molecule has 3 aromatic rings. The second kappa shape index (κ2) is 10.2. The highest BCUT2D eigenvalue weighted by Gasteiger charge is 2.32. The number of hydrogen-bond acceptors (Lipinski definition) is 5. The first-order valence-electron chi connectivity index (χ1n) is 9.42. The molecule has 0 bridgehead atoms. The summed E-state index contributed by atoms with van der Waals surface area (Å²) in [7, 11) is 1.25. The van der Waals surface area contributed by atoms with Gasteiger partial charge >= 0.3 is 12.1 Å². The van der Waals surface area contributed by atoms with Gasteiger partial charge in [0.05, 0.1) is 34.8 Å². The number of para-hydroxylation sites is 1. The van der Waals surface area contributed by atoms with Crippen molar-refractivity contribution in [2.24, 2.45) is 10.7 Å². The number of rotatable bonds is 6. The topological polar surface area (TPSA) is 64.7 Å². The minimum absolute atomic E-state index is 0.0495. The van der Waals surface area contributed by atoms with Gasteiger partial charge in [0.2, 0.25) is 0 Å². The SMILES string of the molecule is COC(=O)Cc1ccc(F)c(-c2ccc(C(/C=C(\N)C(F)(F)F)=Nc3ccccc3Cl)s2)c1. The van der Waals surface area contributed by atoms with Gasteiger partial charge in [-0.25, -0.2) is 9.38 Å². The molecule has 10 heteroatoms. The molecule has 33 heavy (non-hydrogen) atoms. The number of carbonyl (C=O) groups excluding carboxylic acids is 1. The molecule has 0 aliphatic carbocycles. The number of allylic oxidation sites excluding steroid dienone is 2. The number of aliphatic imine (C=N–C) groups is 1. The van der Waals surface area contributed by atoms with Gasteiger partial charge in [-0.3, -0.25) is 4.79 Å². The van der Waals surface area contributed by atoms with Crippen molar-refractivity contribution in [3.8, 4) is 10.4 Å². The summed E-state index contributed by atoms with van der Waals surface area (Å²) < 4.78 is 58.4. The summed E-state index contributed by atoms with van der Waals surface area (Å²) in [4.78, 5) is 16.6. The van der Waals surface area contributed by atoms with Gasteiger partial charge < -0.3 is 10.5 Å². The maximum atomic E-state index is 14.5. The molecule has 1 heterocycles. The van der Waals surface area contributed by atoms with Crippen LogP contribution in [-0.4, -0.2) is 25.0 Å². The number of carbonyl (C=O) groups is 1. The first-order valence-corrected chi connectivity index (χ1v) is 10.6. The van der Waals surface area contributed by atoms with E-state index in [1.165, 1.54) is 31.4 Å². The summed E-state index contributed by atoms with van der Waals surface area (Å²) in [6.07, 6.45) is -4.09. The number of halogens is 5. The van der Waals surface area contributed by atoms with Gasteiger partial charge in [-0.15, -0.1) is 11.3 Å². The van der Waals surface area contributed by atoms with Crippen LogP contribution in [-0.2, 0) is 16.0 Å². The Morgan fingerprint density at radius 1 is 1.18 bits per heavy atom. The van der Waals surface area contributed by atoms with Crippen LogP contribution in [0.3, 0.4) is 0 Å². The Kier molecular flexibility index (Phi) is 7.55. The van der Waals surface area contributed by atoms with Crippen LogP contribution >= 0.6 is 22.9 Å². The number of esters is 1. The predicted molar refractivity (Wildman–Crippen MR) is 121 cm³/mol. The first kappa shape index (κ1) is 24.5. The Morgan fingerprint density at radius 3 is 2.58 bits per heavy atom. The molecular weight excluding hydrogens is 480 g/mol. The van der Waals surface area contributed by atoms with Crippen molar-refractivity contribution in [2.75, 3.05) is 7.11 Å². The van der Waals surface area contributed by atoms with Crippen molar-refractivity contribution in [2.45, 2.75) is 12.6 Å². The number of hydrogen-bond donors (Lipinski definition) is 1. The molecule has 0 unspecified atom stereocenters. The number of ether oxygens (including phenoxy) is 1. The Labute approximate surface area is 196 Å². The minimum atomic E-state index is -4.75. The van der Waals surface area contributed by atoms with Crippen LogP contribution in [0.15, 0.2) is 71.4 Å². The van der Waals surface area contributed by atoms with E-state index in [9.17, 15) is 22.4 Å². The zero-order valence-electron chi connectivity index (χ0n) is 17.1. The maximum absolute atomic E-state index is 14.5. The Morgan fingerprint density at radius 2 is 1.91 bits per heavy atom. The molecular formula is C23H17ClF4N2O2S. The Balaban J connectivity index is 2.07. The molecule has 172 valence electrons. The van der Waals surface area contributed by atoms with Gasteiger partial charge in [0.25, 0.3) is 0 Å². The highest BCUT2D eigenvalue weighted by atomic mass is 35.5. The van der Waals surface area contributed by atoms with E-state index >= 15 is 0 Å². The smallest absolute Gasteiger partial charge is 0.430 e. The van der Waals surface area contributed by atoms with Gasteiger partial charge in [-0.2, -0.15) is 13.2 Å². The number of nitrogens with two attached hydrogens (primary N) is 1. The standard InChI is InChI=1S/C23H17ClF4N2O2S/c1-32-22(31)11-13-6-7-16(25)14(10-13)19-8-9-20(33-19)18(12-21(29)23(26,27)28)30-17-5-3-2-4-15(17)24/h2-10,12H,11,29H2,1H3/b21-12-,30-18?. The maximum Gasteiger partial charge on any atom is 0.430 e.